The first kappa shape index (κ1) is 17.1. The summed E-state index contributed by atoms with van der Waals surface area (Å²) in [4.78, 5) is 12.0. The van der Waals surface area contributed by atoms with Crippen LogP contribution in [0.3, 0.4) is 0 Å². The number of pyridine rings is 2. The van der Waals surface area contributed by atoms with Crippen LogP contribution in [0.15, 0.2) is 30.6 Å². The van der Waals surface area contributed by atoms with E-state index in [2.05, 4.69) is 20.3 Å². The quantitative estimate of drug-likeness (QED) is 0.604. The van der Waals surface area contributed by atoms with Crippen LogP contribution >= 0.6 is 11.6 Å². The molecular formula is C19H22ClN5O. The molecule has 1 aliphatic rings. The molecule has 0 saturated heterocycles. The summed E-state index contributed by atoms with van der Waals surface area (Å²) in [7, 11) is 1.64. The van der Waals surface area contributed by atoms with Crippen molar-refractivity contribution in [2.75, 3.05) is 12.4 Å². The van der Waals surface area contributed by atoms with E-state index in [4.69, 9.17) is 22.1 Å². The smallest absolute Gasteiger partial charge is 0.138 e. The summed E-state index contributed by atoms with van der Waals surface area (Å²) in [5, 5.41) is 4.96. The molecule has 0 aromatic carbocycles. The highest BCUT2D eigenvalue weighted by molar-refractivity contribution is 6.29. The third-order valence-corrected chi connectivity index (χ3v) is 5.16. The van der Waals surface area contributed by atoms with Crippen molar-refractivity contribution in [3.63, 3.8) is 0 Å². The number of nitrogens with two attached hydrogens (primary N) is 1. The molecule has 3 aromatic heterocycles. The zero-order chi connectivity index (χ0) is 18.1. The monoisotopic (exact) mass is 371 g/mol. The van der Waals surface area contributed by atoms with Gasteiger partial charge in [0.15, 0.2) is 0 Å². The van der Waals surface area contributed by atoms with E-state index >= 15 is 0 Å². The van der Waals surface area contributed by atoms with Crippen molar-refractivity contribution in [3.05, 3.63) is 35.7 Å². The molecule has 0 bridgehead atoms. The van der Waals surface area contributed by atoms with Gasteiger partial charge in [-0.3, -0.25) is 0 Å². The Morgan fingerprint density at radius 3 is 2.81 bits per heavy atom. The number of methoxy groups -OCH3 is 1. The molecule has 0 radical (unpaired) electrons. The summed E-state index contributed by atoms with van der Waals surface area (Å²) < 4.78 is 5.30. The first-order valence-corrected chi connectivity index (χ1v) is 9.21. The molecule has 136 valence electrons. The van der Waals surface area contributed by atoms with Crippen LogP contribution in [0, 0.1) is 0 Å². The third kappa shape index (κ3) is 3.48. The van der Waals surface area contributed by atoms with E-state index in [9.17, 15) is 0 Å². The number of ether oxygens (including phenoxy) is 1. The molecule has 26 heavy (non-hydrogen) atoms. The Labute approximate surface area is 157 Å². The Bertz CT molecular complexity index is 917. The van der Waals surface area contributed by atoms with Crippen LogP contribution in [-0.4, -0.2) is 34.1 Å². The molecule has 4 N–H and O–H groups in total. The molecule has 1 fully saturated rings. The molecule has 7 heteroatoms. The lowest BCUT2D eigenvalue weighted by molar-refractivity contribution is 0.410. The number of fused-ring (bicyclic) bond motifs is 1. The van der Waals surface area contributed by atoms with Gasteiger partial charge in [0.05, 0.1) is 13.3 Å². The summed E-state index contributed by atoms with van der Waals surface area (Å²) in [6.07, 6.45) is 7.82. The molecule has 6 nitrogen and oxygen atoms in total. The minimum atomic E-state index is 0.324. The van der Waals surface area contributed by atoms with Gasteiger partial charge in [0, 0.05) is 29.2 Å². The summed E-state index contributed by atoms with van der Waals surface area (Å²) in [6.45, 7) is 0. The van der Waals surface area contributed by atoms with Gasteiger partial charge in [0.2, 0.25) is 0 Å². The van der Waals surface area contributed by atoms with Crippen LogP contribution in [0.4, 0.5) is 5.82 Å². The van der Waals surface area contributed by atoms with Crippen LogP contribution in [0.25, 0.3) is 22.2 Å². The largest absolute Gasteiger partial charge is 0.495 e. The van der Waals surface area contributed by atoms with E-state index in [-0.39, 0.29) is 0 Å². The second-order valence-electron chi connectivity index (χ2n) is 6.79. The van der Waals surface area contributed by atoms with E-state index in [1.807, 2.05) is 24.4 Å². The number of anilines is 1. The lowest BCUT2D eigenvalue weighted by Crippen LogP contribution is -2.33. The van der Waals surface area contributed by atoms with Gasteiger partial charge in [-0.25, -0.2) is 9.97 Å². The summed E-state index contributed by atoms with van der Waals surface area (Å²) in [6, 6.07) is 6.58. The van der Waals surface area contributed by atoms with Gasteiger partial charge < -0.3 is 20.8 Å². The van der Waals surface area contributed by atoms with Crippen molar-refractivity contribution in [1.29, 1.82) is 0 Å². The Morgan fingerprint density at radius 1 is 1.23 bits per heavy atom. The standard InChI is InChI=1S/C19H22ClN5O/c1-26-14-8-15-16(10-23-19(15)22-9-14)11-6-17(20)25-18(7-11)24-13-4-2-12(21)3-5-13/h6-10,12-13H,2-5,21H2,1H3,(H,22,23)(H,24,25). The van der Waals surface area contributed by atoms with Crippen LogP contribution in [0.5, 0.6) is 5.75 Å². The van der Waals surface area contributed by atoms with E-state index in [0.29, 0.717) is 17.2 Å². The molecule has 1 aliphatic carbocycles. The number of aromatic amines is 1. The van der Waals surface area contributed by atoms with E-state index in [0.717, 1.165) is 59.4 Å². The fourth-order valence-electron chi connectivity index (χ4n) is 3.53. The number of hydrogen-bond donors (Lipinski definition) is 3. The Morgan fingerprint density at radius 2 is 2.04 bits per heavy atom. The number of hydrogen-bond acceptors (Lipinski definition) is 5. The van der Waals surface area contributed by atoms with Crippen LogP contribution < -0.4 is 15.8 Å². The minimum Gasteiger partial charge on any atom is -0.495 e. The second-order valence-corrected chi connectivity index (χ2v) is 7.18. The minimum absolute atomic E-state index is 0.324. The van der Waals surface area contributed by atoms with E-state index in [1.54, 1.807) is 13.3 Å². The molecule has 0 unspecified atom stereocenters. The van der Waals surface area contributed by atoms with Gasteiger partial charge in [-0.05, 0) is 49.4 Å². The molecule has 3 heterocycles. The number of nitrogens with zero attached hydrogens (tertiary/aromatic N) is 2. The van der Waals surface area contributed by atoms with Crippen molar-refractivity contribution in [2.24, 2.45) is 5.73 Å². The number of rotatable bonds is 4. The SMILES string of the molecule is COc1cnc2[nH]cc(-c3cc(Cl)nc(NC4CCC(N)CC4)c3)c2c1. The molecule has 1 saturated carbocycles. The second kappa shape index (κ2) is 7.13. The Hall–Kier alpha value is -2.31. The number of aromatic nitrogens is 3. The van der Waals surface area contributed by atoms with Gasteiger partial charge in [0.1, 0.15) is 22.4 Å². The third-order valence-electron chi connectivity index (χ3n) is 4.97. The first-order valence-electron chi connectivity index (χ1n) is 8.83. The maximum absolute atomic E-state index is 6.30. The van der Waals surface area contributed by atoms with Crippen molar-refractivity contribution < 1.29 is 4.74 Å². The summed E-state index contributed by atoms with van der Waals surface area (Å²) in [5.74, 6) is 1.51. The zero-order valence-corrected chi connectivity index (χ0v) is 15.4. The Balaban J connectivity index is 1.66. The van der Waals surface area contributed by atoms with Gasteiger partial charge in [0.25, 0.3) is 0 Å². The number of halogens is 1. The van der Waals surface area contributed by atoms with Gasteiger partial charge in [-0.2, -0.15) is 0 Å². The van der Waals surface area contributed by atoms with Crippen LogP contribution in [-0.2, 0) is 0 Å². The number of H-pyrrole nitrogens is 1. The highest BCUT2D eigenvalue weighted by Crippen LogP contribution is 2.33. The molecule has 0 spiro atoms. The van der Waals surface area contributed by atoms with Crippen molar-refractivity contribution in [2.45, 2.75) is 37.8 Å². The normalized spacial score (nSPS) is 20.3. The van der Waals surface area contributed by atoms with Crippen molar-refractivity contribution in [3.8, 4) is 16.9 Å². The van der Waals surface area contributed by atoms with Gasteiger partial charge in [-0.1, -0.05) is 11.6 Å². The molecule has 3 aromatic rings. The van der Waals surface area contributed by atoms with Gasteiger partial charge >= 0.3 is 0 Å². The zero-order valence-electron chi connectivity index (χ0n) is 14.6. The highest BCUT2D eigenvalue weighted by Gasteiger charge is 2.19. The lowest BCUT2D eigenvalue weighted by atomic mass is 9.92. The first-order chi connectivity index (χ1) is 12.6. The van der Waals surface area contributed by atoms with Gasteiger partial charge in [-0.15, -0.1) is 0 Å². The molecule has 4 rings (SSSR count). The van der Waals surface area contributed by atoms with Crippen molar-refractivity contribution >= 4 is 28.5 Å². The average Bonchev–Trinajstić information content (AvgIpc) is 3.06. The maximum Gasteiger partial charge on any atom is 0.138 e. The maximum atomic E-state index is 6.30. The molecule has 0 aliphatic heterocycles. The average molecular weight is 372 g/mol. The van der Waals surface area contributed by atoms with Crippen LogP contribution in [0.1, 0.15) is 25.7 Å². The summed E-state index contributed by atoms with van der Waals surface area (Å²) in [5.41, 5.74) is 8.81. The Kier molecular flexibility index (Phi) is 4.70. The van der Waals surface area contributed by atoms with E-state index < -0.39 is 0 Å². The predicted molar refractivity (Wildman–Crippen MR) is 105 cm³/mol. The molecule has 0 amide bonds. The fourth-order valence-corrected chi connectivity index (χ4v) is 3.74. The topological polar surface area (TPSA) is 88.8 Å². The fraction of sp³-hybridized carbons (Fsp3) is 0.368. The summed E-state index contributed by atoms with van der Waals surface area (Å²) >= 11 is 6.30. The van der Waals surface area contributed by atoms with E-state index in [1.165, 1.54) is 0 Å². The van der Waals surface area contributed by atoms with Crippen LogP contribution in [0.2, 0.25) is 5.15 Å². The highest BCUT2D eigenvalue weighted by atomic mass is 35.5. The molecular weight excluding hydrogens is 350 g/mol. The van der Waals surface area contributed by atoms with Crippen molar-refractivity contribution in [1.82, 2.24) is 15.0 Å². The number of nitrogens with one attached hydrogen (secondary N) is 2. The molecule has 0 atom stereocenters. The predicted octanol–water partition coefficient (Wildman–Crippen LogP) is 3.97. The lowest BCUT2D eigenvalue weighted by Gasteiger charge is -2.27.